The highest BCUT2D eigenvalue weighted by atomic mass is 16.5. The van der Waals surface area contributed by atoms with Crippen LogP contribution >= 0.6 is 0 Å². The third-order valence-corrected chi connectivity index (χ3v) is 4.59. The molecule has 0 radical (unpaired) electrons. The van der Waals surface area contributed by atoms with Crippen molar-refractivity contribution >= 4 is 5.91 Å². The number of nitrogens with zero attached hydrogens (tertiary/aromatic N) is 1. The van der Waals surface area contributed by atoms with Crippen molar-refractivity contribution in [3.05, 3.63) is 83.1 Å². The number of benzene rings is 2. The second-order valence-electron chi connectivity index (χ2n) is 6.74. The molecule has 2 aromatic rings. The van der Waals surface area contributed by atoms with Crippen LogP contribution in [-0.4, -0.2) is 37.1 Å². The van der Waals surface area contributed by atoms with Gasteiger partial charge in [0.25, 0.3) is 5.91 Å². The number of allylic oxidation sites excluding steroid dienone is 2. The average molecular weight is 365 g/mol. The first kappa shape index (κ1) is 19.1. The van der Waals surface area contributed by atoms with E-state index in [1.807, 2.05) is 49.4 Å². The SMILES string of the molecule is C/C(=C/Cc1ccccc1)NNC(=O)c1ccc(CN2CCOCC2)cc1. The van der Waals surface area contributed by atoms with E-state index in [0.717, 1.165) is 45.0 Å². The normalized spacial score (nSPS) is 15.4. The number of hydrogen-bond acceptors (Lipinski definition) is 4. The number of carbonyl (C=O) groups is 1. The summed E-state index contributed by atoms with van der Waals surface area (Å²) in [6.07, 6.45) is 2.88. The zero-order chi connectivity index (χ0) is 18.9. The standard InChI is InChI=1S/C22H27N3O2/c1-18(7-8-19-5-3-2-4-6-19)23-24-22(26)21-11-9-20(10-12-21)17-25-13-15-27-16-14-25/h2-7,9-12,23H,8,13-17H2,1H3,(H,24,26)/b18-7-. The minimum atomic E-state index is -0.139. The lowest BCUT2D eigenvalue weighted by Gasteiger charge is -2.26. The summed E-state index contributed by atoms with van der Waals surface area (Å²) in [6.45, 7) is 6.34. The van der Waals surface area contributed by atoms with Crippen molar-refractivity contribution in [2.75, 3.05) is 26.3 Å². The van der Waals surface area contributed by atoms with E-state index in [9.17, 15) is 4.79 Å². The van der Waals surface area contributed by atoms with E-state index in [-0.39, 0.29) is 5.91 Å². The summed E-state index contributed by atoms with van der Waals surface area (Å²) in [5, 5.41) is 0. The topological polar surface area (TPSA) is 53.6 Å². The van der Waals surface area contributed by atoms with Crippen LogP contribution < -0.4 is 10.9 Å². The van der Waals surface area contributed by atoms with Crippen LogP contribution in [0, 0.1) is 0 Å². The maximum atomic E-state index is 12.3. The summed E-state index contributed by atoms with van der Waals surface area (Å²) in [5.74, 6) is -0.139. The summed E-state index contributed by atoms with van der Waals surface area (Å²) in [5.41, 5.74) is 9.72. The Balaban J connectivity index is 1.46. The van der Waals surface area contributed by atoms with Crippen molar-refractivity contribution in [1.82, 2.24) is 15.8 Å². The van der Waals surface area contributed by atoms with Crippen molar-refractivity contribution in [3.63, 3.8) is 0 Å². The lowest BCUT2D eigenvalue weighted by Crippen LogP contribution is -2.36. The minimum Gasteiger partial charge on any atom is -0.379 e. The van der Waals surface area contributed by atoms with Gasteiger partial charge in [-0.15, -0.1) is 0 Å². The summed E-state index contributed by atoms with van der Waals surface area (Å²) in [7, 11) is 0. The highest BCUT2D eigenvalue weighted by Crippen LogP contribution is 2.09. The van der Waals surface area contributed by atoms with Crippen LogP contribution in [0.15, 0.2) is 66.4 Å². The van der Waals surface area contributed by atoms with Crippen LogP contribution in [0.1, 0.15) is 28.4 Å². The van der Waals surface area contributed by atoms with E-state index in [2.05, 4.69) is 34.0 Å². The quantitative estimate of drug-likeness (QED) is 0.741. The van der Waals surface area contributed by atoms with Gasteiger partial charge in [-0.3, -0.25) is 15.1 Å². The van der Waals surface area contributed by atoms with E-state index >= 15 is 0 Å². The Kier molecular flexibility index (Phi) is 7.02. The lowest BCUT2D eigenvalue weighted by molar-refractivity contribution is 0.0342. The molecule has 3 rings (SSSR count). The molecule has 0 atom stereocenters. The van der Waals surface area contributed by atoms with Gasteiger partial charge in [-0.1, -0.05) is 48.5 Å². The van der Waals surface area contributed by atoms with Gasteiger partial charge in [0.1, 0.15) is 0 Å². The van der Waals surface area contributed by atoms with Crippen LogP contribution in [0.4, 0.5) is 0 Å². The molecule has 27 heavy (non-hydrogen) atoms. The molecule has 142 valence electrons. The van der Waals surface area contributed by atoms with Crippen molar-refractivity contribution in [1.29, 1.82) is 0 Å². The van der Waals surface area contributed by atoms with Crippen molar-refractivity contribution < 1.29 is 9.53 Å². The second kappa shape index (κ2) is 9.90. The molecule has 1 saturated heterocycles. The Morgan fingerprint density at radius 2 is 1.70 bits per heavy atom. The third-order valence-electron chi connectivity index (χ3n) is 4.59. The van der Waals surface area contributed by atoms with Gasteiger partial charge < -0.3 is 10.2 Å². The third kappa shape index (κ3) is 6.24. The van der Waals surface area contributed by atoms with E-state index in [1.54, 1.807) is 0 Å². The largest absolute Gasteiger partial charge is 0.379 e. The number of hydrazine groups is 1. The van der Waals surface area contributed by atoms with Crippen molar-refractivity contribution in [3.8, 4) is 0 Å². The summed E-state index contributed by atoms with van der Waals surface area (Å²) in [4.78, 5) is 14.7. The predicted octanol–water partition coefficient (Wildman–Crippen LogP) is 2.90. The maximum Gasteiger partial charge on any atom is 0.269 e. The maximum absolute atomic E-state index is 12.3. The lowest BCUT2D eigenvalue weighted by atomic mass is 10.1. The Bertz CT molecular complexity index is 751. The molecule has 1 heterocycles. The minimum absolute atomic E-state index is 0.139. The first-order valence-corrected chi connectivity index (χ1v) is 9.37. The van der Waals surface area contributed by atoms with E-state index in [0.29, 0.717) is 5.56 Å². The molecule has 0 unspecified atom stereocenters. The monoisotopic (exact) mass is 365 g/mol. The van der Waals surface area contributed by atoms with Crippen LogP contribution in [0.2, 0.25) is 0 Å². The Hall–Kier alpha value is -2.63. The summed E-state index contributed by atoms with van der Waals surface area (Å²) < 4.78 is 5.37. The zero-order valence-corrected chi connectivity index (χ0v) is 15.8. The molecule has 1 aliphatic rings. The van der Waals surface area contributed by atoms with Gasteiger partial charge in [0, 0.05) is 30.9 Å². The smallest absolute Gasteiger partial charge is 0.269 e. The van der Waals surface area contributed by atoms with Crippen molar-refractivity contribution in [2.45, 2.75) is 19.9 Å². The Labute approximate surface area is 161 Å². The number of hydrogen-bond donors (Lipinski definition) is 2. The highest BCUT2D eigenvalue weighted by molar-refractivity contribution is 5.93. The molecule has 5 heteroatoms. The van der Waals surface area contributed by atoms with Gasteiger partial charge in [-0.2, -0.15) is 0 Å². The first-order valence-electron chi connectivity index (χ1n) is 9.37. The summed E-state index contributed by atoms with van der Waals surface area (Å²) >= 11 is 0. The number of nitrogens with one attached hydrogen (secondary N) is 2. The number of ether oxygens (including phenoxy) is 1. The number of amides is 1. The molecule has 0 aromatic heterocycles. The summed E-state index contributed by atoms with van der Waals surface area (Å²) in [6, 6.07) is 18.0. The molecule has 2 aromatic carbocycles. The Morgan fingerprint density at radius 3 is 2.41 bits per heavy atom. The second-order valence-corrected chi connectivity index (χ2v) is 6.74. The number of carbonyl (C=O) groups excluding carboxylic acids is 1. The number of rotatable bonds is 7. The van der Waals surface area contributed by atoms with Crippen molar-refractivity contribution in [2.24, 2.45) is 0 Å². The molecule has 0 spiro atoms. The average Bonchev–Trinajstić information content (AvgIpc) is 2.72. The van der Waals surface area contributed by atoms with Gasteiger partial charge >= 0.3 is 0 Å². The van der Waals surface area contributed by atoms with Gasteiger partial charge in [0.2, 0.25) is 0 Å². The van der Waals surface area contributed by atoms with E-state index < -0.39 is 0 Å². The highest BCUT2D eigenvalue weighted by Gasteiger charge is 2.11. The van der Waals surface area contributed by atoms with Gasteiger partial charge in [0.05, 0.1) is 13.2 Å². The van der Waals surface area contributed by atoms with Crippen LogP contribution in [0.5, 0.6) is 0 Å². The molecule has 5 nitrogen and oxygen atoms in total. The van der Waals surface area contributed by atoms with Gasteiger partial charge in [-0.05, 0) is 36.6 Å². The molecule has 1 fully saturated rings. The van der Waals surface area contributed by atoms with Crippen LogP contribution in [0.25, 0.3) is 0 Å². The van der Waals surface area contributed by atoms with E-state index in [1.165, 1.54) is 11.1 Å². The molecule has 0 bridgehead atoms. The first-order chi connectivity index (χ1) is 13.2. The predicted molar refractivity (Wildman–Crippen MR) is 107 cm³/mol. The zero-order valence-electron chi connectivity index (χ0n) is 15.8. The Morgan fingerprint density at radius 1 is 1.00 bits per heavy atom. The molecule has 2 N–H and O–H groups in total. The molecule has 0 saturated carbocycles. The van der Waals surface area contributed by atoms with Crippen LogP contribution in [-0.2, 0) is 17.7 Å². The van der Waals surface area contributed by atoms with Gasteiger partial charge in [0.15, 0.2) is 0 Å². The van der Waals surface area contributed by atoms with E-state index in [4.69, 9.17) is 4.74 Å². The fraction of sp³-hybridized carbons (Fsp3) is 0.318. The number of morpholine rings is 1. The molecule has 1 aliphatic heterocycles. The molecular weight excluding hydrogens is 338 g/mol. The van der Waals surface area contributed by atoms with Crippen LogP contribution in [0.3, 0.4) is 0 Å². The molecule has 1 amide bonds. The van der Waals surface area contributed by atoms with Gasteiger partial charge in [-0.25, -0.2) is 0 Å². The fourth-order valence-corrected chi connectivity index (χ4v) is 2.94. The molecular formula is C22H27N3O2. The molecule has 0 aliphatic carbocycles. The fourth-order valence-electron chi connectivity index (χ4n) is 2.94.